The number of carbonyl (C=O) groups excluding carboxylic acids is 1. The molecule has 0 saturated carbocycles. The Morgan fingerprint density at radius 1 is 1.13 bits per heavy atom. The second-order valence-corrected chi connectivity index (χ2v) is 7.71. The molecule has 1 N–H and O–H groups in total. The number of nitrogens with zero attached hydrogens (tertiary/aromatic N) is 5. The Bertz CT molecular complexity index is 1170. The van der Waals surface area contributed by atoms with Crippen molar-refractivity contribution in [3.05, 3.63) is 72.6 Å². The standard InChI is InChI=1S/C23H22N6O/c30-23(18-11-17-5-1-2-6-20(17)26-13-18)29-9-3-4-16(14-29)10-19-12-21(28-15-27-19)22-24-7-8-25-22/h1-2,5-8,11-13,15-16H,3-4,9-10,14H2,(H,24,25)/t16-/m0/s1. The molecule has 1 fully saturated rings. The lowest BCUT2D eigenvalue weighted by molar-refractivity contribution is 0.0672. The molecule has 1 aliphatic heterocycles. The molecule has 7 heteroatoms. The number of H-pyrrole nitrogens is 1. The smallest absolute Gasteiger partial charge is 0.255 e. The Hall–Kier alpha value is -3.61. The monoisotopic (exact) mass is 398 g/mol. The van der Waals surface area contributed by atoms with E-state index < -0.39 is 0 Å². The van der Waals surface area contributed by atoms with Crippen molar-refractivity contribution in [1.29, 1.82) is 0 Å². The third-order valence-electron chi connectivity index (χ3n) is 5.61. The van der Waals surface area contributed by atoms with E-state index in [9.17, 15) is 4.79 Å². The summed E-state index contributed by atoms with van der Waals surface area (Å²) in [4.78, 5) is 35.6. The van der Waals surface area contributed by atoms with Crippen LogP contribution >= 0.6 is 0 Å². The molecule has 4 heterocycles. The maximum Gasteiger partial charge on any atom is 0.255 e. The molecule has 0 aliphatic carbocycles. The van der Waals surface area contributed by atoms with Crippen molar-refractivity contribution >= 4 is 16.8 Å². The lowest BCUT2D eigenvalue weighted by Gasteiger charge is -2.32. The zero-order chi connectivity index (χ0) is 20.3. The fourth-order valence-corrected chi connectivity index (χ4v) is 4.13. The number of benzene rings is 1. The minimum Gasteiger partial charge on any atom is -0.343 e. The number of imidazole rings is 1. The summed E-state index contributed by atoms with van der Waals surface area (Å²) < 4.78 is 0. The predicted molar refractivity (Wildman–Crippen MR) is 114 cm³/mol. The van der Waals surface area contributed by atoms with Gasteiger partial charge in [0.25, 0.3) is 5.91 Å². The van der Waals surface area contributed by atoms with E-state index in [4.69, 9.17) is 0 Å². The first-order valence-electron chi connectivity index (χ1n) is 10.2. The number of aromatic amines is 1. The van der Waals surface area contributed by atoms with Crippen LogP contribution in [0.15, 0.2) is 61.3 Å². The van der Waals surface area contributed by atoms with E-state index in [2.05, 4.69) is 24.9 Å². The van der Waals surface area contributed by atoms with E-state index >= 15 is 0 Å². The summed E-state index contributed by atoms with van der Waals surface area (Å²) >= 11 is 0. The van der Waals surface area contributed by atoms with Gasteiger partial charge in [-0.25, -0.2) is 15.0 Å². The summed E-state index contributed by atoms with van der Waals surface area (Å²) in [5, 5.41) is 0.989. The Morgan fingerprint density at radius 3 is 2.97 bits per heavy atom. The van der Waals surface area contributed by atoms with E-state index in [1.807, 2.05) is 41.3 Å². The van der Waals surface area contributed by atoms with Crippen LogP contribution in [0.4, 0.5) is 0 Å². The molecule has 1 aliphatic rings. The second-order valence-electron chi connectivity index (χ2n) is 7.71. The van der Waals surface area contributed by atoms with E-state index in [-0.39, 0.29) is 5.91 Å². The number of piperidine rings is 1. The van der Waals surface area contributed by atoms with Crippen molar-refractivity contribution in [2.45, 2.75) is 19.3 Å². The molecular formula is C23H22N6O. The fourth-order valence-electron chi connectivity index (χ4n) is 4.13. The summed E-state index contributed by atoms with van der Waals surface area (Å²) in [6, 6.07) is 11.8. The van der Waals surface area contributed by atoms with Crippen molar-refractivity contribution in [3.63, 3.8) is 0 Å². The zero-order valence-electron chi connectivity index (χ0n) is 16.5. The molecule has 1 saturated heterocycles. The molecule has 4 aromatic rings. The number of rotatable bonds is 4. The van der Waals surface area contributed by atoms with Gasteiger partial charge >= 0.3 is 0 Å². The minimum absolute atomic E-state index is 0.0527. The van der Waals surface area contributed by atoms with Crippen molar-refractivity contribution in [3.8, 4) is 11.5 Å². The number of nitrogens with one attached hydrogen (secondary N) is 1. The van der Waals surface area contributed by atoms with Gasteiger partial charge < -0.3 is 9.88 Å². The van der Waals surface area contributed by atoms with Crippen molar-refractivity contribution in [1.82, 2.24) is 29.8 Å². The molecule has 1 atom stereocenters. The number of likely N-dealkylation sites (tertiary alicyclic amines) is 1. The number of hydrogen-bond donors (Lipinski definition) is 1. The largest absolute Gasteiger partial charge is 0.343 e. The third kappa shape index (κ3) is 3.78. The Kier molecular flexibility index (Phi) is 4.93. The number of amides is 1. The molecule has 0 spiro atoms. The second kappa shape index (κ2) is 8.02. The molecular weight excluding hydrogens is 376 g/mol. The van der Waals surface area contributed by atoms with E-state index in [0.29, 0.717) is 11.5 Å². The highest BCUT2D eigenvalue weighted by Crippen LogP contribution is 2.23. The summed E-state index contributed by atoms with van der Waals surface area (Å²) in [5.41, 5.74) is 3.32. The first-order valence-corrected chi connectivity index (χ1v) is 10.2. The van der Waals surface area contributed by atoms with E-state index in [1.165, 1.54) is 0 Å². The molecule has 1 aromatic carbocycles. The maximum absolute atomic E-state index is 13.1. The molecule has 0 bridgehead atoms. The quantitative estimate of drug-likeness (QED) is 0.568. The van der Waals surface area contributed by atoms with Gasteiger partial charge in [-0.2, -0.15) is 0 Å². The number of carbonyl (C=O) groups is 1. The number of hydrogen-bond acceptors (Lipinski definition) is 5. The molecule has 1 amide bonds. The summed E-state index contributed by atoms with van der Waals surface area (Å²) in [7, 11) is 0. The van der Waals surface area contributed by atoms with Gasteiger partial charge in [0.1, 0.15) is 12.0 Å². The summed E-state index contributed by atoms with van der Waals surface area (Å²) in [5.74, 6) is 1.16. The van der Waals surface area contributed by atoms with Gasteiger partial charge in [0.2, 0.25) is 0 Å². The van der Waals surface area contributed by atoms with Crippen LogP contribution in [0.5, 0.6) is 0 Å². The van der Waals surface area contributed by atoms with Crippen LogP contribution in [0.3, 0.4) is 0 Å². The van der Waals surface area contributed by atoms with Crippen LogP contribution in [0, 0.1) is 5.92 Å². The zero-order valence-corrected chi connectivity index (χ0v) is 16.5. The molecule has 0 unspecified atom stereocenters. The number of aromatic nitrogens is 5. The average molecular weight is 398 g/mol. The molecule has 30 heavy (non-hydrogen) atoms. The fraction of sp³-hybridized carbons (Fsp3) is 0.261. The van der Waals surface area contributed by atoms with Gasteiger partial charge in [0.15, 0.2) is 5.82 Å². The molecule has 150 valence electrons. The molecule has 7 nitrogen and oxygen atoms in total. The predicted octanol–water partition coefficient (Wildman–Crippen LogP) is 3.51. The normalized spacial score (nSPS) is 16.7. The van der Waals surface area contributed by atoms with Gasteiger partial charge in [-0.05, 0) is 43.4 Å². The van der Waals surface area contributed by atoms with E-state index in [1.54, 1.807) is 24.9 Å². The highest BCUT2D eigenvalue weighted by molar-refractivity contribution is 5.97. The number of para-hydroxylation sites is 1. The van der Waals surface area contributed by atoms with Gasteiger partial charge in [-0.3, -0.25) is 9.78 Å². The average Bonchev–Trinajstić information content (AvgIpc) is 3.34. The van der Waals surface area contributed by atoms with Gasteiger partial charge in [0, 0.05) is 42.8 Å². The molecule has 3 aromatic heterocycles. The Labute approximate surface area is 174 Å². The third-order valence-corrected chi connectivity index (χ3v) is 5.61. The first kappa shape index (κ1) is 18.4. The van der Waals surface area contributed by atoms with Crippen molar-refractivity contribution in [2.24, 2.45) is 5.92 Å². The SMILES string of the molecule is O=C(c1cnc2ccccc2c1)N1CCC[C@@H](Cc2cc(-c3ncc[nH]3)ncn2)C1. The van der Waals surface area contributed by atoms with E-state index in [0.717, 1.165) is 60.5 Å². The maximum atomic E-state index is 13.1. The molecule has 5 rings (SSSR count). The topological polar surface area (TPSA) is 87.7 Å². The molecule has 0 radical (unpaired) electrons. The van der Waals surface area contributed by atoms with Crippen LogP contribution in [0.1, 0.15) is 28.9 Å². The van der Waals surface area contributed by atoms with Crippen LogP contribution in [0.25, 0.3) is 22.4 Å². The van der Waals surface area contributed by atoms with Crippen molar-refractivity contribution < 1.29 is 4.79 Å². The first-order chi connectivity index (χ1) is 14.8. The Morgan fingerprint density at radius 2 is 2.07 bits per heavy atom. The van der Waals surface area contributed by atoms with Crippen molar-refractivity contribution in [2.75, 3.05) is 13.1 Å². The van der Waals surface area contributed by atoms with Gasteiger partial charge in [-0.1, -0.05) is 18.2 Å². The van der Waals surface area contributed by atoms with Crippen LogP contribution in [-0.4, -0.2) is 48.8 Å². The Balaban J connectivity index is 1.30. The number of fused-ring (bicyclic) bond motifs is 1. The summed E-state index contributed by atoms with van der Waals surface area (Å²) in [6.07, 6.45) is 9.66. The highest BCUT2D eigenvalue weighted by atomic mass is 16.2. The van der Waals surface area contributed by atoms with Gasteiger partial charge in [0.05, 0.1) is 11.1 Å². The summed E-state index contributed by atoms with van der Waals surface area (Å²) in [6.45, 7) is 1.51. The lowest BCUT2D eigenvalue weighted by Crippen LogP contribution is -2.40. The van der Waals surface area contributed by atoms with Crippen LogP contribution in [0.2, 0.25) is 0 Å². The number of pyridine rings is 1. The van der Waals surface area contributed by atoms with Crippen LogP contribution < -0.4 is 0 Å². The van der Waals surface area contributed by atoms with Gasteiger partial charge in [-0.15, -0.1) is 0 Å². The lowest BCUT2D eigenvalue weighted by atomic mass is 9.92. The minimum atomic E-state index is 0.0527. The van der Waals surface area contributed by atoms with Crippen LogP contribution in [-0.2, 0) is 6.42 Å². The highest BCUT2D eigenvalue weighted by Gasteiger charge is 2.25.